The fourth-order valence-corrected chi connectivity index (χ4v) is 2.61. The van der Waals surface area contributed by atoms with Crippen LogP contribution >= 0.6 is 12.4 Å². The van der Waals surface area contributed by atoms with E-state index in [1.165, 1.54) is 0 Å². The third-order valence-corrected chi connectivity index (χ3v) is 3.65. The monoisotopic (exact) mass is 329 g/mol. The molecule has 122 valence electrons. The molecule has 0 aromatic carbocycles. The smallest absolute Gasteiger partial charge is 0.344 e. The number of hydrogen-bond donors (Lipinski definition) is 2. The number of carbonyl (C=O) groups is 2. The van der Waals surface area contributed by atoms with E-state index in [-0.39, 0.29) is 37.2 Å². The summed E-state index contributed by atoms with van der Waals surface area (Å²) in [6.07, 6.45) is -2.54. The zero-order valence-corrected chi connectivity index (χ0v) is 12.2. The number of likely N-dealkylation sites (tertiary alicyclic amines) is 1. The molecular formula is C12H19ClF3N3O2. The highest BCUT2D eigenvalue weighted by molar-refractivity contribution is 5.90. The van der Waals surface area contributed by atoms with Crippen molar-refractivity contribution in [2.45, 2.75) is 31.5 Å². The lowest BCUT2D eigenvalue weighted by Crippen LogP contribution is -2.48. The summed E-state index contributed by atoms with van der Waals surface area (Å²) >= 11 is 0. The van der Waals surface area contributed by atoms with Crippen LogP contribution in [-0.2, 0) is 9.59 Å². The molecule has 21 heavy (non-hydrogen) atoms. The van der Waals surface area contributed by atoms with Gasteiger partial charge in [0, 0.05) is 13.1 Å². The van der Waals surface area contributed by atoms with Crippen LogP contribution in [0.4, 0.5) is 13.2 Å². The highest BCUT2D eigenvalue weighted by Crippen LogP contribution is 2.21. The number of nitrogens with zero attached hydrogens (tertiary/aromatic N) is 1. The Kier molecular flexibility index (Phi) is 6.27. The molecule has 2 aliphatic rings. The number of alkyl halides is 3. The molecular weight excluding hydrogens is 311 g/mol. The minimum atomic E-state index is -4.40. The van der Waals surface area contributed by atoms with Crippen LogP contribution in [0, 0.1) is 5.92 Å². The summed E-state index contributed by atoms with van der Waals surface area (Å²) in [6, 6.07) is -0.813. The molecule has 0 spiro atoms. The second-order valence-corrected chi connectivity index (χ2v) is 5.27. The van der Waals surface area contributed by atoms with Gasteiger partial charge in [-0.05, 0) is 25.8 Å². The summed E-state index contributed by atoms with van der Waals surface area (Å²) in [5.41, 5.74) is 0. The molecule has 2 fully saturated rings. The number of carbonyl (C=O) groups excluding carboxylic acids is 2. The first-order valence-corrected chi connectivity index (χ1v) is 6.73. The van der Waals surface area contributed by atoms with Crippen molar-refractivity contribution in [2.24, 2.45) is 5.92 Å². The van der Waals surface area contributed by atoms with Gasteiger partial charge in [-0.1, -0.05) is 0 Å². The summed E-state index contributed by atoms with van der Waals surface area (Å²) < 4.78 is 36.8. The van der Waals surface area contributed by atoms with E-state index in [2.05, 4.69) is 10.6 Å². The molecule has 0 aromatic heterocycles. The van der Waals surface area contributed by atoms with Gasteiger partial charge >= 0.3 is 6.18 Å². The molecule has 2 atom stereocenters. The lowest BCUT2D eigenvalue weighted by molar-refractivity contribution is -0.158. The van der Waals surface area contributed by atoms with Crippen molar-refractivity contribution < 1.29 is 22.8 Å². The van der Waals surface area contributed by atoms with Crippen molar-refractivity contribution in [3.8, 4) is 0 Å². The predicted octanol–water partition coefficient (Wildman–Crippen LogP) is 0.687. The van der Waals surface area contributed by atoms with Crippen molar-refractivity contribution in [3.63, 3.8) is 0 Å². The van der Waals surface area contributed by atoms with Crippen LogP contribution in [0.2, 0.25) is 0 Å². The average Bonchev–Trinajstić information content (AvgIpc) is 2.71. The lowest BCUT2D eigenvalue weighted by Gasteiger charge is -2.23. The van der Waals surface area contributed by atoms with E-state index in [4.69, 9.17) is 0 Å². The second kappa shape index (κ2) is 7.31. The molecule has 2 N–H and O–H groups in total. The van der Waals surface area contributed by atoms with Crippen LogP contribution in [0.25, 0.3) is 0 Å². The van der Waals surface area contributed by atoms with Crippen LogP contribution in [-0.4, -0.2) is 55.1 Å². The van der Waals surface area contributed by atoms with E-state index < -0.39 is 24.7 Å². The summed E-state index contributed by atoms with van der Waals surface area (Å²) in [7, 11) is 0. The number of halogens is 4. The van der Waals surface area contributed by atoms with Crippen molar-refractivity contribution in [2.75, 3.05) is 26.2 Å². The van der Waals surface area contributed by atoms with Crippen LogP contribution in [0.5, 0.6) is 0 Å². The SMILES string of the molecule is Cl.O=C(NC1CCN(CC(F)(F)F)C1=O)C1CCCNC1. The first kappa shape index (κ1) is 18.0. The topological polar surface area (TPSA) is 61.4 Å². The van der Waals surface area contributed by atoms with Gasteiger partial charge in [0.2, 0.25) is 11.8 Å². The van der Waals surface area contributed by atoms with E-state index in [1.54, 1.807) is 0 Å². The minimum absolute atomic E-state index is 0. The van der Waals surface area contributed by atoms with Gasteiger partial charge in [0.15, 0.2) is 0 Å². The van der Waals surface area contributed by atoms with Gasteiger partial charge in [0.05, 0.1) is 5.92 Å². The fourth-order valence-electron chi connectivity index (χ4n) is 2.61. The maximum atomic E-state index is 12.3. The highest BCUT2D eigenvalue weighted by atomic mass is 35.5. The van der Waals surface area contributed by atoms with Gasteiger partial charge in [-0.3, -0.25) is 9.59 Å². The fraction of sp³-hybridized carbons (Fsp3) is 0.833. The van der Waals surface area contributed by atoms with Gasteiger partial charge in [-0.15, -0.1) is 12.4 Å². The molecule has 2 aliphatic heterocycles. The van der Waals surface area contributed by atoms with E-state index in [0.29, 0.717) is 6.54 Å². The number of amides is 2. The molecule has 2 rings (SSSR count). The maximum Gasteiger partial charge on any atom is 0.406 e. The zero-order chi connectivity index (χ0) is 14.8. The molecule has 0 aromatic rings. The predicted molar refractivity (Wildman–Crippen MR) is 72.0 cm³/mol. The Morgan fingerprint density at radius 2 is 2.10 bits per heavy atom. The lowest BCUT2D eigenvalue weighted by atomic mass is 9.98. The number of nitrogens with one attached hydrogen (secondary N) is 2. The molecule has 5 nitrogen and oxygen atoms in total. The zero-order valence-electron chi connectivity index (χ0n) is 11.4. The van der Waals surface area contributed by atoms with Gasteiger partial charge < -0.3 is 15.5 Å². The van der Waals surface area contributed by atoms with Crippen LogP contribution < -0.4 is 10.6 Å². The molecule has 0 bridgehead atoms. The van der Waals surface area contributed by atoms with Crippen molar-refractivity contribution >= 4 is 24.2 Å². The third-order valence-electron chi connectivity index (χ3n) is 3.65. The van der Waals surface area contributed by atoms with Crippen molar-refractivity contribution in [3.05, 3.63) is 0 Å². The Balaban J connectivity index is 0.00000220. The maximum absolute atomic E-state index is 12.3. The molecule has 0 aliphatic carbocycles. The van der Waals surface area contributed by atoms with Gasteiger partial charge in [-0.25, -0.2) is 0 Å². The Bertz CT molecular complexity index is 386. The Hall–Kier alpha value is -1.02. The van der Waals surface area contributed by atoms with E-state index in [1.807, 2.05) is 0 Å². The van der Waals surface area contributed by atoms with E-state index in [9.17, 15) is 22.8 Å². The normalized spacial score (nSPS) is 26.4. The van der Waals surface area contributed by atoms with Crippen molar-refractivity contribution in [1.29, 1.82) is 0 Å². The largest absolute Gasteiger partial charge is 0.406 e. The standard InChI is InChI=1S/C12H18F3N3O2.ClH/c13-12(14,15)7-18-5-3-9(11(18)20)17-10(19)8-2-1-4-16-6-8;/h8-9,16H,1-7H2,(H,17,19);1H. The second-order valence-electron chi connectivity index (χ2n) is 5.27. The van der Waals surface area contributed by atoms with E-state index >= 15 is 0 Å². The Morgan fingerprint density at radius 3 is 2.67 bits per heavy atom. The highest BCUT2D eigenvalue weighted by Gasteiger charge is 2.40. The van der Waals surface area contributed by atoms with Gasteiger partial charge in [-0.2, -0.15) is 13.2 Å². The van der Waals surface area contributed by atoms with Crippen molar-refractivity contribution in [1.82, 2.24) is 15.5 Å². The van der Waals surface area contributed by atoms with Gasteiger partial charge in [0.25, 0.3) is 0 Å². The van der Waals surface area contributed by atoms with E-state index in [0.717, 1.165) is 24.3 Å². The summed E-state index contributed by atoms with van der Waals surface area (Å²) in [6.45, 7) is 0.208. The Morgan fingerprint density at radius 1 is 1.38 bits per heavy atom. The van der Waals surface area contributed by atoms with Gasteiger partial charge in [0.1, 0.15) is 12.6 Å². The summed E-state index contributed by atoms with van der Waals surface area (Å²) in [5, 5.41) is 5.66. The first-order valence-electron chi connectivity index (χ1n) is 6.73. The summed E-state index contributed by atoms with van der Waals surface area (Å²) in [5.74, 6) is -1.09. The quantitative estimate of drug-likeness (QED) is 0.801. The average molecular weight is 330 g/mol. The third kappa shape index (κ3) is 5.03. The minimum Gasteiger partial charge on any atom is -0.344 e. The summed E-state index contributed by atoms with van der Waals surface area (Å²) in [4.78, 5) is 24.5. The first-order chi connectivity index (χ1) is 9.37. The number of hydrogen-bond acceptors (Lipinski definition) is 3. The molecule has 0 saturated carbocycles. The molecule has 9 heteroatoms. The van der Waals surface area contributed by atoms with Crippen LogP contribution in [0.15, 0.2) is 0 Å². The molecule has 2 amide bonds. The molecule has 2 saturated heterocycles. The molecule has 2 heterocycles. The number of piperidine rings is 1. The van der Waals surface area contributed by atoms with Crippen LogP contribution in [0.3, 0.4) is 0 Å². The number of rotatable bonds is 3. The van der Waals surface area contributed by atoms with Crippen LogP contribution in [0.1, 0.15) is 19.3 Å². The molecule has 2 unspecified atom stereocenters. The Labute approximate surface area is 127 Å². The molecule has 0 radical (unpaired) electrons.